The van der Waals surface area contributed by atoms with Crippen molar-refractivity contribution in [3.63, 3.8) is 0 Å². The van der Waals surface area contributed by atoms with Gasteiger partial charge in [0.2, 0.25) is 0 Å². The Bertz CT molecular complexity index is 411. The fourth-order valence-corrected chi connectivity index (χ4v) is 1.56. The molecule has 0 spiro atoms. The lowest BCUT2D eigenvalue weighted by molar-refractivity contribution is 1.34. The van der Waals surface area contributed by atoms with Crippen molar-refractivity contribution in [3.8, 4) is 11.1 Å². The molecule has 0 aliphatic carbocycles. The van der Waals surface area contributed by atoms with Crippen molar-refractivity contribution in [1.29, 1.82) is 0 Å². The lowest BCUT2D eigenvalue weighted by atomic mass is 10.1. The molecule has 0 atom stereocenters. The van der Waals surface area contributed by atoms with E-state index in [1.165, 1.54) is 0 Å². The van der Waals surface area contributed by atoms with Crippen molar-refractivity contribution < 1.29 is 0 Å². The molecule has 0 aliphatic rings. The summed E-state index contributed by atoms with van der Waals surface area (Å²) in [6.45, 7) is 0. The molecular formula is C11H9ClN2. The highest BCUT2D eigenvalue weighted by atomic mass is 35.5. The second kappa shape index (κ2) is 3.68. The Balaban J connectivity index is 2.61. The average molecular weight is 205 g/mol. The van der Waals surface area contributed by atoms with E-state index in [0.29, 0.717) is 10.8 Å². The Morgan fingerprint density at radius 1 is 1.00 bits per heavy atom. The maximum absolute atomic E-state index is 6.05. The van der Waals surface area contributed by atoms with E-state index < -0.39 is 0 Å². The van der Waals surface area contributed by atoms with Gasteiger partial charge in [-0.25, -0.2) is 4.98 Å². The van der Waals surface area contributed by atoms with Crippen LogP contribution in [0.25, 0.3) is 11.1 Å². The maximum atomic E-state index is 6.05. The van der Waals surface area contributed by atoms with Gasteiger partial charge in [-0.15, -0.1) is 0 Å². The van der Waals surface area contributed by atoms with Gasteiger partial charge >= 0.3 is 0 Å². The predicted molar refractivity (Wildman–Crippen MR) is 59.1 cm³/mol. The molecule has 0 radical (unpaired) electrons. The highest BCUT2D eigenvalue weighted by Gasteiger charge is 2.05. The van der Waals surface area contributed by atoms with E-state index in [4.69, 9.17) is 17.3 Å². The highest BCUT2D eigenvalue weighted by Crippen LogP contribution is 2.30. The van der Waals surface area contributed by atoms with Crippen LogP contribution in [0.5, 0.6) is 0 Å². The summed E-state index contributed by atoms with van der Waals surface area (Å²) in [6, 6.07) is 11.3. The molecule has 2 aromatic rings. The number of halogens is 1. The zero-order valence-electron chi connectivity index (χ0n) is 7.44. The Morgan fingerprint density at radius 3 is 2.43 bits per heavy atom. The van der Waals surface area contributed by atoms with Gasteiger partial charge in [-0.2, -0.15) is 0 Å². The van der Waals surface area contributed by atoms with E-state index in [9.17, 15) is 0 Å². The number of hydrogen-bond donors (Lipinski definition) is 1. The van der Waals surface area contributed by atoms with E-state index in [2.05, 4.69) is 4.98 Å². The molecule has 2 nitrogen and oxygen atoms in total. The van der Waals surface area contributed by atoms with Gasteiger partial charge < -0.3 is 5.73 Å². The minimum absolute atomic E-state index is 0.501. The molecule has 14 heavy (non-hydrogen) atoms. The molecule has 0 bridgehead atoms. The minimum Gasteiger partial charge on any atom is -0.383 e. The molecule has 0 unspecified atom stereocenters. The number of rotatable bonds is 1. The third kappa shape index (κ3) is 1.56. The van der Waals surface area contributed by atoms with Gasteiger partial charge in [-0.05, 0) is 18.2 Å². The van der Waals surface area contributed by atoms with Crippen LogP contribution in [0.1, 0.15) is 0 Å². The number of aromatic nitrogens is 1. The molecule has 1 aromatic heterocycles. The number of nitrogens with zero attached hydrogens (tertiary/aromatic N) is 1. The van der Waals surface area contributed by atoms with Crippen molar-refractivity contribution in [2.24, 2.45) is 0 Å². The normalized spacial score (nSPS) is 10.1. The lowest BCUT2D eigenvalue weighted by Gasteiger charge is -2.05. The monoisotopic (exact) mass is 204 g/mol. The van der Waals surface area contributed by atoms with Crippen LogP contribution in [0.15, 0.2) is 42.6 Å². The largest absolute Gasteiger partial charge is 0.383 e. The Morgan fingerprint density at radius 2 is 1.71 bits per heavy atom. The summed E-state index contributed by atoms with van der Waals surface area (Å²) in [4.78, 5) is 4.02. The summed E-state index contributed by atoms with van der Waals surface area (Å²) < 4.78 is 0. The van der Waals surface area contributed by atoms with Gasteiger partial charge in [0, 0.05) is 22.3 Å². The minimum atomic E-state index is 0.501. The third-order valence-electron chi connectivity index (χ3n) is 2.00. The average Bonchev–Trinajstić information content (AvgIpc) is 2.20. The number of pyridine rings is 1. The van der Waals surface area contributed by atoms with Crippen LogP contribution in [-0.4, -0.2) is 4.98 Å². The summed E-state index contributed by atoms with van der Waals surface area (Å²) in [5.74, 6) is 0.501. The van der Waals surface area contributed by atoms with Gasteiger partial charge in [-0.3, -0.25) is 0 Å². The van der Waals surface area contributed by atoms with Crippen LogP contribution in [0.2, 0.25) is 5.02 Å². The van der Waals surface area contributed by atoms with E-state index in [1.54, 1.807) is 6.20 Å². The Kier molecular flexibility index (Phi) is 2.37. The van der Waals surface area contributed by atoms with Crippen LogP contribution in [0.3, 0.4) is 0 Å². The van der Waals surface area contributed by atoms with Gasteiger partial charge in [0.05, 0.1) is 0 Å². The van der Waals surface area contributed by atoms with E-state index in [0.717, 1.165) is 11.1 Å². The first-order valence-corrected chi connectivity index (χ1v) is 4.62. The van der Waals surface area contributed by atoms with Crippen molar-refractivity contribution in [2.45, 2.75) is 0 Å². The molecular weight excluding hydrogens is 196 g/mol. The zero-order valence-corrected chi connectivity index (χ0v) is 8.20. The number of nitrogen functional groups attached to an aromatic ring is 1. The fraction of sp³-hybridized carbons (Fsp3) is 0. The highest BCUT2D eigenvalue weighted by molar-refractivity contribution is 6.33. The molecule has 3 heteroatoms. The number of anilines is 1. The lowest BCUT2D eigenvalue weighted by Crippen LogP contribution is -1.93. The molecule has 0 saturated heterocycles. The molecule has 2 N–H and O–H groups in total. The van der Waals surface area contributed by atoms with E-state index in [-0.39, 0.29) is 0 Å². The molecule has 0 aliphatic heterocycles. The smallest absolute Gasteiger partial charge is 0.131 e. The fourth-order valence-electron chi connectivity index (χ4n) is 1.32. The van der Waals surface area contributed by atoms with Crippen molar-refractivity contribution >= 4 is 17.4 Å². The Labute approximate surface area is 87.4 Å². The first-order chi connectivity index (χ1) is 6.79. The van der Waals surface area contributed by atoms with Crippen LogP contribution in [0.4, 0.5) is 5.82 Å². The maximum Gasteiger partial charge on any atom is 0.131 e. The van der Waals surface area contributed by atoms with Crippen molar-refractivity contribution in [3.05, 3.63) is 47.6 Å². The number of benzene rings is 1. The summed E-state index contributed by atoms with van der Waals surface area (Å²) in [7, 11) is 0. The molecule has 70 valence electrons. The standard InChI is InChI=1S/C11H9ClN2/c12-10-6-2-1-4-8(10)9-5-3-7-14-11(9)13/h1-7H,(H2,13,14). The first-order valence-electron chi connectivity index (χ1n) is 4.24. The van der Waals surface area contributed by atoms with Crippen LogP contribution in [-0.2, 0) is 0 Å². The third-order valence-corrected chi connectivity index (χ3v) is 2.33. The molecule has 0 fully saturated rings. The topological polar surface area (TPSA) is 38.9 Å². The quantitative estimate of drug-likeness (QED) is 0.776. The summed E-state index contributed by atoms with van der Waals surface area (Å²) in [5.41, 5.74) is 7.54. The van der Waals surface area contributed by atoms with Crippen LogP contribution >= 0.6 is 11.6 Å². The number of hydrogen-bond acceptors (Lipinski definition) is 2. The molecule has 1 aromatic carbocycles. The molecule has 0 saturated carbocycles. The van der Waals surface area contributed by atoms with Gasteiger partial charge in [-0.1, -0.05) is 29.8 Å². The molecule has 0 amide bonds. The zero-order chi connectivity index (χ0) is 9.97. The van der Waals surface area contributed by atoms with Crippen molar-refractivity contribution in [2.75, 3.05) is 5.73 Å². The van der Waals surface area contributed by atoms with Crippen LogP contribution in [0, 0.1) is 0 Å². The summed E-state index contributed by atoms with van der Waals surface area (Å²) in [6.07, 6.45) is 1.66. The van der Waals surface area contributed by atoms with Gasteiger partial charge in [0.15, 0.2) is 0 Å². The SMILES string of the molecule is Nc1ncccc1-c1ccccc1Cl. The van der Waals surface area contributed by atoms with E-state index in [1.807, 2.05) is 36.4 Å². The summed E-state index contributed by atoms with van der Waals surface area (Å²) in [5, 5.41) is 0.687. The van der Waals surface area contributed by atoms with Gasteiger partial charge in [0.25, 0.3) is 0 Å². The second-order valence-electron chi connectivity index (χ2n) is 2.92. The van der Waals surface area contributed by atoms with Crippen molar-refractivity contribution in [1.82, 2.24) is 4.98 Å². The Hall–Kier alpha value is -1.54. The molecule has 1 heterocycles. The van der Waals surface area contributed by atoms with Gasteiger partial charge in [0.1, 0.15) is 5.82 Å². The van der Waals surface area contributed by atoms with Crippen LogP contribution < -0.4 is 5.73 Å². The predicted octanol–water partition coefficient (Wildman–Crippen LogP) is 2.98. The summed E-state index contributed by atoms with van der Waals surface area (Å²) >= 11 is 6.05. The molecule has 2 rings (SSSR count). The van der Waals surface area contributed by atoms with E-state index >= 15 is 0 Å². The first kappa shape index (κ1) is 9.03. The number of nitrogens with two attached hydrogens (primary N) is 1. The second-order valence-corrected chi connectivity index (χ2v) is 3.32.